The fourth-order valence-corrected chi connectivity index (χ4v) is 8.39. The fraction of sp³-hybridized carbons (Fsp3) is 0.342. The van der Waals surface area contributed by atoms with Crippen molar-refractivity contribution in [3.8, 4) is 17.6 Å². The minimum Gasteiger partial charge on any atom is -0.497 e. The van der Waals surface area contributed by atoms with E-state index in [2.05, 4.69) is 32.5 Å². The molecular weight excluding hydrogens is 764 g/mol. The molecule has 1 fully saturated rings. The molecule has 2 N–H and O–H groups in total. The number of carbonyl (C=O) groups excluding carboxylic acids is 1. The number of thiol groups is 1. The lowest BCUT2D eigenvalue weighted by molar-refractivity contribution is -0.118. The van der Waals surface area contributed by atoms with Crippen LogP contribution in [0.2, 0.25) is 0 Å². The van der Waals surface area contributed by atoms with Crippen LogP contribution < -0.4 is 20.3 Å². The van der Waals surface area contributed by atoms with Crippen molar-refractivity contribution in [1.82, 2.24) is 19.5 Å². The molecule has 1 unspecified atom stereocenters. The molecule has 5 aromatic rings. The van der Waals surface area contributed by atoms with E-state index >= 15 is 0 Å². The molecule has 1 aliphatic rings. The first-order valence-corrected chi connectivity index (χ1v) is 21.2. The molecular formula is C38H41N6O8PS2. The normalized spacial score (nSPS) is 18.2. The number of nitrogens with one attached hydrogen (secondary N) is 2. The molecule has 0 saturated carbocycles. The molecule has 2 aromatic heterocycles. The molecule has 17 heteroatoms. The lowest BCUT2D eigenvalue weighted by Crippen LogP contribution is -2.38. The zero-order chi connectivity index (χ0) is 39.2. The lowest BCUT2D eigenvalue weighted by Gasteiger charge is -2.37. The molecule has 1 aliphatic heterocycles. The van der Waals surface area contributed by atoms with Gasteiger partial charge in [0, 0.05) is 12.3 Å². The number of carbonyl (C=O) groups is 1. The topological polar surface area (TPSA) is 172 Å². The van der Waals surface area contributed by atoms with Gasteiger partial charge >= 0.3 is 0 Å². The molecule has 1 saturated heterocycles. The molecule has 4 atom stereocenters. The van der Waals surface area contributed by atoms with E-state index < -0.39 is 35.3 Å². The summed E-state index contributed by atoms with van der Waals surface area (Å²) >= 11 is 10.3. The van der Waals surface area contributed by atoms with Crippen molar-refractivity contribution >= 4 is 52.8 Å². The fourth-order valence-electron chi connectivity index (χ4n) is 6.28. The molecule has 3 aromatic carbocycles. The van der Waals surface area contributed by atoms with E-state index in [0.29, 0.717) is 11.5 Å². The second-order valence-corrected chi connectivity index (χ2v) is 18.2. The zero-order valence-corrected chi connectivity index (χ0v) is 33.2. The zero-order valence-electron chi connectivity index (χ0n) is 30.6. The highest BCUT2D eigenvalue weighted by Gasteiger charge is 2.44. The third-order valence-electron chi connectivity index (χ3n) is 9.06. The van der Waals surface area contributed by atoms with Gasteiger partial charge in [0.15, 0.2) is 11.2 Å². The Morgan fingerprint density at radius 1 is 1.07 bits per heavy atom. The number of hydrogen-bond donors (Lipinski definition) is 3. The van der Waals surface area contributed by atoms with Crippen LogP contribution in [0.4, 0.5) is 5.95 Å². The Hall–Kier alpha value is -4.59. The Bertz CT molecular complexity index is 2200. The van der Waals surface area contributed by atoms with E-state index in [1.807, 2.05) is 84.9 Å². The molecule has 0 bridgehead atoms. The lowest BCUT2D eigenvalue weighted by atomic mass is 9.80. The van der Waals surface area contributed by atoms with Crippen LogP contribution in [0.3, 0.4) is 0 Å². The molecule has 6 rings (SSSR count). The summed E-state index contributed by atoms with van der Waals surface area (Å²) in [4.78, 5) is 36.9. The average molecular weight is 805 g/mol. The van der Waals surface area contributed by atoms with Crippen molar-refractivity contribution < 1.29 is 32.8 Å². The molecule has 0 radical (unpaired) electrons. The number of fused-ring (bicyclic) bond motifs is 1. The van der Waals surface area contributed by atoms with Gasteiger partial charge in [-0.25, -0.2) is 4.98 Å². The second-order valence-electron chi connectivity index (χ2n) is 12.9. The summed E-state index contributed by atoms with van der Waals surface area (Å²) < 4.78 is 38.6. The molecule has 1 amide bonds. The second kappa shape index (κ2) is 17.5. The Morgan fingerprint density at radius 2 is 1.69 bits per heavy atom. The number of amides is 1. The van der Waals surface area contributed by atoms with Gasteiger partial charge in [0.05, 0.1) is 52.4 Å². The smallest absolute Gasteiger partial charge is 0.280 e. The van der Waals surface area contributed by atoms with Crippen molar-refractivity contribution in [3.05, 3.63) is 112 Å². The minimum atomic E-state index is -3.19. The number of imidazole rings is 1. The molecule has 55 heavy (non-hydrogen) atoms. The van der Waals surface area contributed by atoms with Crippen LogP contribution in [0.15, 0.2) is 90.0 Å². The van der Waals surface area contributed by atoms with Gasteiger partial charge in [-0.1, -0.05) is 80.7 Å². The van der Waals surface area contributed by atoms with Crippen LogP contribution in [0.25, 0.3) is 11.2 Å². The number of hydrogen-bond acceptors (Lipinski definition) is 12. The number of nitrogens with zero attached hydrogens (tertiary/aromatic N) is 4. The summed E-state index contributed by atoms with van der Waals surface area (Å²) in [6, 6.07) is 27.2. The van der Waals surface area contributed by atoms with Gasteiger partial charge in [-0.2, -0.15) is 10.2 Å². The number of methoxy groups -OCH3 is 2. The van der Waals surface area contributed by atoms with E-state index in [4.69, 9.17) is 45.1 Å². The Kier molecular flexibility index (Phi) is 12.7. The predicted octanol–water partition coefficient (Wildman–Crippen LogP) is 6.50. The standard InChI is InChI=1S/C38H41N6O8PS2/c1-24(2)35(45)42-37-41-34-33(36(46)43-37)40-23-44(34)32-21-30(52-53(54,55)50-20-8-19-39)31(51-32)22-49-38(25-9-6-5-7-10-25,26-11-15-28(47-3)16-12-26)27-13-17-29(48-4)18-14-27/h5-7,9-18,23-24,30-32H,8,20-22H2,1-4H3,(H,54,55)(H2,41,42,43,45,46)/t30-,31+,32+/m0/s1. The molecule has 14 nitrogen and oxygen atoms in total. The van der Waals surface area contributed by atoms with Gasteiger partial charge in [0.2, 0.25) is 17.5 Å². The van der Waals surface area contributed by atoms with Crippen molar-refractivity contribution in [3.63, 3.8) is 0 Å². The van der Waals surface area contributed by atoms with Crippen LogP contribution >= 0.6 is 17.9 Å². The van der Waals surface area contributed by atoms with Gasteiger partial charge in [-0.3, -0.25) is 24.5 Å². The van der Waals surface area contributed by atoms with Gasteiger partial charge in [0.25, 0.3) is 5.56 Å². The van der Waals surface area contributed by atoms with Crippen LogP contribution in [0.1, 0.15) is 49.6 Å². The van der Waals surface area contributed by atoms with Crippen molar-refractivity contribution in [2.75, 3.05) is 32.8 Å². The highest BCUT2D eigenvalue weighted by molar-refractivity contribution is 8.60. The first-order chi connectivity index (χ1) is 26.5. The predicted molar refractivity (Wildman–Crippen MR) is 213 cm³/mol. The maximum atomic E-state index is 13.0. The Morgan fingerprint density at radius 3 is 2.27 bits per heavy atom. The molecule has 0 spiro atoms. The maximum absolute atomic E-state index is 13.0. The highest BCUT2D eigenvalue weighted by atomic mass is 32.9. The summed E-state index contributed by atoms with van der Waals surface area (Å²) in [5, 5.41) is 11.7. The number of aromatic nitrogens is 4. The van der Waals surface area contributed by atoms with Crippen LogP contribution in [-0.4, -0.2) is 65.1 Å². The number of ether oxygens (including phenoxy) is 4. The number of rotatable bonds is 16. The Balaban J connectivity index is 1.41. The number of H-pyrrole nitrogens is 1. The van der Waals surface area contributed by atoms with Crippen molar-refractivity contribution in [2.45, 2.75) is 50.7 Å². The number of nitriles is 1. The third kappa shape index (κ3) is 8.95. The van der Waals surface area contributed by atoms with Crippen LogP contribution in [-0.2, 0) is 40.7 Å². The van der Waals surface area contributed by atoms with Gasteiger partial charge in [-0.15, -0.1) is 0 Å². The van der Waals surface area contributed by atoms with Crippen molar-refractivity contribution in [2.24, 2.45) is 5.92 Å². The molecule has 3 heterocycles. The number of benzene rings is 3. The first-order valence-electron chi connectivity index (χ1n) is 17.4. The summed E-state index contributed by atoms with van der Waals surface area (Å²) in [6.45, 7) is 3.49. The average Bonchev–Trinajstić information content (AvgIpc) is 3.79. The third-order valence-corrected chi connectivity index (χ3v) is 11.3. The van der Waals surface area contributed by atoms with E-state index in [1.165, 1.54) is 6.33 Å². The maximum Gasteiger partial charge on any atom is 0.280 e. The largest absolute Gasteiger partial charge is 0.497 e. The SMILES string of the molecule is COc1ccc(C(OC[C@H]2O[C@@H](n3cnc4c(=O)[nH]c(NC(=O)C(C)C)nc43)C[C@@H]2OP(=S)(S)OCCC#N)(c2ccccc2)c2ccc(OC)cc2)cc1. The number of anilines is 1. The first kappa shape index (κ1) is 40.1. The number of aromatic amines is 1. The quantitative estimate of drug-likeness (QED) is 0.0429. The van der Waals surface area contributed by atoms with Crippen LogP contribution in [0.5, 0.6) is 11.5 Å². The van der Waals surface area contributed by atoms with Gasteiger partial charge in [-0.05, 0) is 52.8 Å². The van der Waals surface area contributed by atoms with E-state index in [9.17, 15) is 9.59 Å². The molecule has 288 valence electrons. The van der Waals surface area contributed by atoms with E-state index in [1.54, 1.807) is 32.6 Å². The van der Waals surface area contributed by atoms with Crippen molar-refractivity contribution in [1.29, 1.82) is 5.26 Å². The Labute approximate surface area is 328 Å². The van der Waals surface area contributed by atoms with E-state index in [-0.39, 0.29) is 55.0 Å². The van der Waals surface area contributed by atoms with Gasteiger partial charge in [0.1, 0.15) is 29.4 Å². The summed E-state index contributed by atoms with van der Waals surface area (Å²) in [5.74, 6) is 0.674. The highest BCUT2D eigenvalue weighted by Crippen LogP contribution is 2.57. The van der Waals surface area contributed by atoms with E-state index in [0.717, 1.165) is 16.7 Å². The summed E-state index contributed by atoms with van der Waals surface area (Å²) in [6.07, 6.45) is -0.477. The van der Waals surface area contributed by atoms with Crippen LogP contribution in [0, 0.1) is 17.2 Å². The molecule has 0 aliphatic carbocycles. The monoisotopic (exact) mass is 804 g/mol. The summed E-state index contributed by atoms with van der Waals surface area (Å²) in [7, 11) is 3.22. The van der Waals surface area contributed by atoms with Gasteiger partial charge < -0.3 is 28.0 Å². The minimum absolute atomic E-state index is 0.0213. The summed E-state index contributed by atoms with van der Waals surface area (Å²) in [5.41, 5.74) is -2.16.